The number of aromatic nitrogens is 2. The molecule has 0 radical (unpaired) electrons. The third kappa shape index (κ3) is 3.46. The van der Waals surface area contributed by atoms with Crippen molar-refractivity contribution in [1.82, 2.24) is 14.5 Å². The number of aryl methyl sites for hydroxylation is 1. The van der Waals surface area contributed by atoms with E-state index in [1.54, 1.807) is 24.0 Å². The Balaban J connectivity index is 2.04. The van der Waals surface area contributed by atoms with Crippen molar-refractivity contribution in [2.45, 2.75) is 6.54 Å². The molecule has 0 fully saturated rings. The van der Waals surface area contributed by atoms with Gasteiger partial charge in [-0.15, -0.1) is 0 Å². The summed E-state index contributed by atoms with van der Waals surface area (Å²) in [7, 11) is 3.17. The molecular weight excluding hydrogens is 294 g/mol. The molecule has 1 N–H and O–H groups in total. The van der Waals surface area contributed by atoms with E-state index in [0.717, 1.165) is 23.1 Å². The minimum Gasteiger partial charge on any atom is -0.337 e. The zero-order chi connectivity index (χ0) is 16.3. The van der Waals surface area contributed by atoms with Crippen molar-refractivity contribution in [3.05, 3.63) is 48.1 Å². The van der Waals surface area contributed by atoms with Crippen LogP contribution in [0.2, 0.25) is 0 Å². The molecule has 0 spiro atoms. The summed E-state index contributed by atoms with van der Waals surface area (Å²) in [5.74, 6) is -2.90. The number of carbonyl (C=O) groups excluding carboxylic acids is 2. The number of nitrogens with one attached hydrogen (secondary N) is 1. The fraction of sp³-hybridized carbons (Fsp3) is 0.214. The minimum absolute atomic E-state index is 0.112. The number of halogens is 2. The third-order valence-electron chi connectivity index (χ3n) is 3.02. The van der Waals surface area contributed by atoms with Crippen LogP contribution in [0.15, 0.2) is 30.6 Å². The van der Waals surface area contributed by atoms with Crippen LogP contribution in [0.5, 0.6) is 0 Å². The molecule has 0 aliphatic carbocycles. The number of imidazole rings is 1. The Morgan fingerprint density at radius 1 is 1.36 bits per heavy atom. The highest BCUT2D eigenvalue weighted by molar-refractivity contribution is 6.39. The Hall–Kier alpha value is -2.77. The summed E-state index contributed by atoms with van der Waals surface area (Å²) in [5.41, 5.74) is -0.385. The molecule has 2 aromatic rings. The van der Waals surface area contributed by atoms with Gasteiger partial charge in [-0.1, -0.05) is 0 Å². The summed E-state index contributed by atoms with van der Waals surface area (Å²) in [6, 6.07) is 2.59. The van der Waals surface area contributed by atoms with Crippen molar-refractivity contribution in [2.75, 3.05) is 12.4 Å². The fourth-order valence-electron chi connectivity index (χ4n) is 1.78. The average molecular weight is 308 g/mol. The molecule has 1 aromatic heterocycles. The Morgan fingerprint density at radius 2 is 2.09 bits per heavy atom. The molecule has 2 amide bonds. The Kier molecular flexibility index (Phi) is 4.50. The lowest BCUT2D eigenvalue weighted by atomic mass is 10.3. The SMILES string of the molecule is CN(Cc1nccn1C)C(=O)C(=O)Nc1cc(F)ccc1F. The number of hydrogen-bond acceptors (Lipinski definition) is 3. The molecule has 6 nitrogen and oxygen atoms in total. The zero-order valence-corrected chi connectivity index (χ0v) is 12.0. The summed E-state index contributed by atoms with van der Waals surface area (Å²) < 4.78 is 28.2. The molecule has 2 rings (SSSR count). The van der Waals surface area contributed by atoms with Gasteiger partial charge < -0.3 is 14.8 Å². The number of hydrogen-bond donors (Lipinski definition) is 1. The Bertz CT molecular complexity index is 715. The molecule has 22 heavy (non-hydrogen) atoms. The van der Waals surface area contributed by atoms with E-state index in [-0.39, 0.29) is 12.2 Å². The summed E-state index contributed by atoms with van der Waals surface area (Å²) in [4.78, 5) is 28.9. The molecule has 1 aromatic carbocycles. The van der Waals surface area contributed by atoms with Crippen LogP contribution in [-0.4, -0.2) is 33.3 Å². The normalized spacial score (nSPS) is 10.4. The zero-order valence-electron chi connectivity index (χ0n) is 12.0. The molecule has 0 aliphatic heterocycles. The third-order valence-corrected chi connectivity index (χ3v) is 3.02. The summed E-state index contributed by atoms with van der Waals surface area (Å²) in [6.07, 6.45) is 3.27. The van der Waals surface area contributed by atoms with Crippen molar-refractivity contribution >= 4 is 17.5 Å². The van der Waals surface area contributed by atoms with Crippen LogP contribution in [0.4, 0.5) is 14.5 Å². The number of nitrogens with zero attached hydrogens (tertiary/aromatic N) is 3. The predicted octanol–water partition coefficient (Wildman–Crippen LogP) is 1.30. The van der Waals surface area contributed by atoms with E-state index in [9.17, 15) is 18.4 Å². The number of rotatable bonds is 3. The van der Waals surface area contributed by atoms with E-state index in [4.69, 9.17) is 0 Å². The number of amides is 2. The molecule has 0 aliphatic rings. The van der Waals surface area contributed by atoms with Crippen LogP contribution in [0, 0.1) is 11.6 Å². The standard InChI is InChI=1S/C14H14F2N4O2/c1-19-6-5-17-12(19)8-20(2)14(22)13(21)18-11-7-9(15)3-4-10(11)16/h3-7H,8H2,1-2H3,(H,18,21). The molecule has 8 heteroatoms. The molecule has 0 saturated heterocycles. The van der Waals surface area contributed by atoms with Gasteiger partial charge in [0.05, 0.1) is 12.2 Å². The number of likely N-dealkylation sites (N-methyl/N-ethyl adjacent to an activating group) is 1. The molecule has 0 bridgehead atoms. The first kappa shape index (κ1) is 15.6. The van der Waals surface area contributed by atoms with E-state index in [1.165, 1.54) is 7.05 Å². The van der Waals surface area contributed by atoms with Gasteiger partial charge in [-0.25, -0.2) is 13.8 Å². The Labute approximate surface area is 125 Å². The maximum Gasteiger partial charge on any atom is 0.313 e. The van der Waals surface area contributed by atoms with Gasteiger partial charge in [0.2, 0.25) is 0 Å². The van der Waals surface area contributed by atoms with Crippen LogP contribution in [0.25, 0.3) is 0 Å². The van der Waals surface area contributed by atoms with Crippen molar-refractivity contribution in [3.8, 4) is 0 Å². The molecule has 0 unspecified atom stereocenters. The second kappa shape index (κ2) is 6.33. The van der Waals surface area contributed by atoms with E-state index < -0.39 is 23.4 Å². The fourth-order valence-corrected chi connectivity index (χ4v) is 1.78. The molecule has 0 saturated carbocycles. The van der Waals surface area contributed by atoms with Crippen molar-refractivity contribution < 1.29 is 18.4 Å². The largest absolute Gasteiger partial charge is 0.337 e. The minimum atomic E-state index is -1.05. The highest BCUT2D eigenvalue weighted by Gasteiger charge is 2.21. The highest BCUT2D eigenvalue weighted by Crippen LogP contribution is 2.15. The van der Waals surface area contributed by atoms with E-state index >= 15 is 0 Å². The molecular formula is C14H14F2N4O2. The predicted molar refractivity (Wildman–Crippen MR) is 74.7 cm³/mol. The van der Waals surface area contributed by atoms with Gasteiger partial charge in [-0.05, 0) is 12.1 Å². The smallest absolute Gasteiger partial charge is 0.313 e. The lowest BCUT2D eigenvalue weighted by Crippen LogP contribution is -2.37. The first-order valence-corrected chi connectivity index (χ1v) is 6.36. The van der Waals surface area contributed by atoms with Crippen LogP contribution < -0.4 is 5.32 Å². The number of anilines is 1. The van der Waals surface area contributed by atoms with Gasteiger partial charge in [-0.3, -0.25) is 9.59 Å². The lowest BCUT2D eigenvalue weighted by Gasteiger charge is -2.16. The maximum absolute atomic E-state index is 13.4. The van der Waals surface area contributed by atoms with E-state index in [2.05, 4.69) is 10.3 Å². The summed E-state index contributed by atoms with van der Waals surface area (Å²) >= 11 is 0. The quantitative estimate of drug-likeness (QED) is 0.869. The van der Waals surface area contributed by atoms with E-state index in [0.29, 0.717) is 5.82 Å². The molecule has 1 heterocycles. The second-order valence-electron chi connectivity index (χ2n) is 4.69. The Morgan fingerprint density at radius 3 is 2.73 bits per heavy atom. The van der Waals surface area contributed by atoms with Crippen LogP contribution in [0.3, 0.4) is 0 Å². The molecule has 0 atom stereocenters. The van der Waals surface area contributed by atoms with Crippen molar-refractivity contribution in [2.24, 2.45) is 7.05 Å². The van der Waals surface area contributed by atoms with E-state index in [1.807, 2.05) is 0 Å². The monoisotopic (exact) mass is 308 g/mol. The summed E-state index contributed by atoms with van der Waals surface area (Å²) in [5, 5.41) is 2.05. The first-order valence-electron chi connectivity index (χ1n) is 6.36. The van der Waals surface area contributed by atoms with Gasteiger partial charge in [0.1, 0.15) is 17.5 Å². The number of carbonyl (C=O) groups is 2. The summed E-state index contributed by atoms with van der Waals surface area (Å²) in [6.45, 7) is 0.112. The topological polar surface area (TPSA) is 67.2 Å². The van der Waals surface area contributed by atoms with Crippen molar-refractivity contribution in [1.29, 1.82) is 0 Å². The van der Waals surface area contributed by atoms with Gasteiger partial charge in [0.15, 0.2) is 0 Å². The van der Waals surface area contributed by atoms with Crippen LogP contribution in [0.1, 0.15) is 5.82 Å². The van der Waals surface area contributed by atoms with Gasteiger partial charge >= 0.3 is 11.8 Å². The first-order chi connectivity index (χ1) is 10.4. The number of benzene rings is 1. The second-order valence-corrected chi connectivity index (χ2v) is 4.69. The molecule has 116 valence electrons. The van der Waals surface area contributed by atoms with Crippen molar-refractivity contribution in [3.63, 3.8) is 0 Å². The van der Waals surface area contributed by atoms with Gasteiger partial charge in [-0.2, -0.15) is 0 Å². The van der Waals surface area contributed by atoms with Crippen LogP contribution >= 0.6 is 0 Å². The average Bonchev–Trinajstić information content (AvgIpc) is 2.87. The van der Waals surface area contributed by atoms with Gasteiger partial charge in [0.25, 0.3) is 0 Å². The van der Waals surface area contributed by atoms with Gasteiger partial charge in [0, 0.05) is 32.6 Å². The lowest BCUT2D eigenvalue weighted by molar-refractivity contribution is -0.142. The highest BCUT2D eigenvalue weighted by atomic mass is 19.1. The maximum atomic E-state index is 13.4. The van der Waals surface area contributed by atoms with Crippen LogP contribution in [-0.2, 0) is 23.2 Å².